The number of nitrogens with zero attached hydrogens (tertiary/aromatic N) is 3. The molecule has 1 amide bonds. The van der Waals surface area contributed by atoms with Gasteiger partial charge in [0.1, 0.15) is 5.75 Å². The van der Waals surface area contributed by atoms with Crippen LogP contribution >= 0.6 is 11.6 Å². The van der Waals surface area contributed by atoms with E-state index in [1.165, 1.54) is 0 Å². The molecule has 1 atom stereocenters. The third-order valence-corrected chi connectivity index (χ3v) is 5.99. The molecule has 2 heterocycles. The first kappa shape index (κ1) is 21.3. The maximum atomic E-state index is 12.8. The van der Waals surface area contributed by atoms with Crippen molar-refractivity contribution in [3.8, 4) is 17.0 Å². The van der Waals surface area contributed by atoms with Gasteiger partial charge in [-0.2, -0.15) is 0 Å². The average molecular weight is 436 g/mol. The van der Waals surface area contributed by atoms with Crippen LogP contribution in [0, 0.1) is 0 Å². The monoisotopic (exact) mass is 435 g/mol. The van der Waals surface area contributed by atoms with E-state index in [1.54, 1.807) is 13.3 Å². The quantitative estimate of drug-likeness (QED) is 0.537. The van der Waals surface area contributed by atoms with Crippen LogP contribution in [0.1, 0.15) is 36.4 Å². The van der Waals surface area contributed by atoms with Gasteiger partial charge in [-0.25, -0.2) is 4.98 Å². The Bertz CT molecular complexity index is 1040. The van der Waals surface area contributed by atoms with Gasteiger partial charge in [0, 0.05) is 42.2 Å². The third-order valence-electron chi connectivity index (χ3n) is 5.75. The van der Waals surface area contributed by atoms with Gasteiger partial charge in [0.25, 0.3) is 0 Å². The number of methoxy groups -OCH3 is 1. The molecule has 0 aliphatic carbocycles. The summed E-state index contributed by atoms with van der Waals surface area (Å²) < 4.78 is 5.19. The third kappa shape index (κ3) is 5.42. The minimum Gasteiger partial charge on any atom is -0.497 e. The molecule has 4 rings (SSSR count). The number of hydrogen-bond acceptors (Lipinski definition) is 4. The summed E-state index contributed by atoms with van der Waals surface area (Å²) in [6, 6.07) is 15.5. The first-order chi connectivity index (χ1) is 15.1. The van der Waals surface area contributed by atoms with Crippen molar-refractivity contribution >= 4 is 17.5 Å². The lowest BCUT2D eigenvalue weighted by Gasteiger charge is -2.32. The summed E-state index contributed by atoms with van der Waals surface area (Å²) >= 11 is 6.13. The number of amides is 1. The molecule has 2 aromatic carbocycles. The minimum atomic E-state index is 0.194. The number of ether oxygens (including phenoxy) is 1. The summed E-state index contributed by atoms with van der Waals surface area (Å²) in [6.07, 6.45) is 6.80. The van der Waals surface area contributed by atoms with Gasteiger partial charge >= 0.3 is 0 Å². The van der Waals surface area contributed by atoms with Crippen LogP contribution in [0.4, 0.5) is 0 Å². The maximum Gasteiger partial charge on any atom is 0.222 e. The van der Waals surface area contributed by atoms with E-state index in [0.29, 0.717) is 18.0 Å². The number of likely N-dealkylation sites (tertiary alicyclic amines) is 1. The van der Waals surface area contributed by atoms with Crippen LogP contribution in [-0.4, -0.2) is 41.0 Å². The Morgan fingerprint density at radius 3 is 2.81 bits per heavy atom. The van der Waals surface area contributed by atoms with E-state index in [-0.39, 0.29) is 11.8 Å². The molecule has 0 N–H and O–H groups in total. The Kier molecular flexibility index (Phi) is 6.82. The zero-order valence-electron chi connectivity index (χ0n) is 17.6. The molecule has 1 fully saturated rings. The molecule has 5 nitrogen and oxygen atoms in total. The lowest BCUT2D eigenvalue weighted by molar-refractivity contribution is -0.132. The van der Waals surface area contributed by atoms with E-state index in [4.69, 9.17) is 21.3 Å². The highest BCUT2D eigenvalue weighted by atomic mass is 35.5. The summed E-state index contributed by atoms with van der Waals surface area (Å²) in [7, 11) is 1.65. The second-order valence-electron chi connectivity index (χ2n) is 7.87. The van der Waals surface area contributed by atoms with Crippen LogP contribution in [-0.2, 0) is 11.2 Å². The van der Waals surface area contributed by atoms with Crippen LogP contribution in [0.5, 0.6) is 5.75 Å². The molecule has 1 saturated heterocycles. The lowest BCUT2D eigenvalue weighted by Crippen LogP contribution is -2.39. The van der Waals surface area contributed by atoms with Gasteiger partial charge in [-0.3, -0.25) is 9.78 Å². The predicted octanol–water partition coefficient (Wildman–Crippen LogP) is 5.14. The Hall–Kier alpha value is -2.92. The average Bonchev–Trinajstić information content (AvgIpc) is 2.83. The van der Waals surface area contributed by atoms with E-state index in [1.807, 2.05) is 59.6 Å². The molecule has 0 saturated carbocycles. The zero-order valence-corrected chi connectivity index (χ0v) is 18.4. The molecule has 1 aromatic heterocycles. The SMILES string of the molecule is COc1ccc(CCC(=O)N2CCC[C@H](c3cncc(-c4cccc(Cl)c4)n3)C2)cc1. The van der Waals surface area contributed by atoms with Gasteiger partial charge in [-0.05, 0) is 49.1 Å². The van der Waals surface area contributed by atoms with Gasteiger partial charge in [-0.1, -0.05) is 35.9 Å². The highest BCUT2D eigenvalue weighted by Crippen LogP contribution is 2.28. The number of carbonyl (C=O) groups is 1. The van der Waals surface area contributed by atoms with Crippen LogP contribution in [0.3, 0.4) is 0 Å². The molecule has 3 aromatic rings. The van der Waals surface area contributed by atoms with E-state index in [0.717, 1.165) is 54.1 Å². The van der Waals surface area contributed by atoms with Crippen molar-refractivity contribution in [1.82, 2.24) is 14.9 Å². The van der Waals surface area contributed by atoms with E-state index in [9.17, 15) is 4.79 Å². The molecule has 0 radical (unpaired) electrons. The van der Waals surface area contributed by atoms with Crippen molar-refractivity contribution in [3.63, 3.8) is 0 Å². The van der Waals surface area contributed by atoms with Crippen LogP contribution in [0.15, 0.2) is 60.9 Å². The van der Waals surface area contributed by atoms with Crippen molar-refractivity contribution in [2.45, 2.75) is 31.6 Å². The van der Waals surface area contributed by atoms with Crippen LogP contribution in [0.25, 0.3) is 11.3 Å². The van der Waals surface area contributed by atoms with Crippen molar-refractivity contribution in [3.05, 3.63) is 77.2 Å². The Labute approximate surface area is 188 Å². The molecule has 0 spiro atoms. The molecular formula is C25H26ClN3O2. The number of halogens is 1. The fraction of sp³-hybridized carbons (Fsp3) is 0.320. The number of aromatic nitrogens is 2. The maximum absolute atomic E-state index is 12.8. The Balaban J connectivity index is 1.40. The summed E-state index contributed by atoms with van der Waals surface area (Å²) in [5.74, 6) is 1.22. The largest absolute Gasteiger partial charge is 0.497 e. The minimum absolute atomic E-state index is 0.194. The number of piperidine rings is 1. The summed E-state index contributed by atoms with van der Waals surface area (Å²) in [5.41, 5.74) is 3.83. The molecule has 1 aliphatic rings. The number of carbonyl (C=O) groups excluding carboxylic acids is 1. The predicted molar refractivity (Wildman–Crippen MR) is 122 cm³/mol. The molecule has 0 unspecified atom stereocenters. The van der Waals surface area contributed by atoms with E-state index < -0.39 is 0 Å². The highest BCUT2D eigenvalue weighted by molar-refractivity contribution is 6.30. The van der Waals surface area contributed by atoms with E-state index >= 15 is 0 Å². The van der Waals surface area contributed by atoms with Crippen molar-refractivity contribution < 1.29 is 9.53 Å². The second kappa shape index (κ2) is 9.92. The van der Waals surface area contributed by atoms with Gasteiger partial charge in [-0.15, -0.1) is 0 Å². The smallest absolute Gasteiger partial charge is 0.222 e. The number of hydrogen-bond donors (Lipinski definition) is 0. The van der Waals surface area contributed by atoms with Gasteiger partial charge in [0.15, 0.2) is 0 Å². The molecular weight excluding hydrogens is 410 g/mol. The van der Waals surface area contributed by atoms with Gasteiger partial charge in [0.05, 0.1) is 24.7 Å². The fourth-order valence-electron chi connectivity index (χ4n) is 4.01. The Morgan fingerprint density at radius 1 is 1.19 bits per heavy atom. The molecule has 1 aliphatic heterocycles. The fourth-order valence-corrected chi connectivity index (χ4v) is 4.20. The first-order valence-electron chi connectivity index (χ1n) is 10.6. The van der Waals surface area contributed by atoms with Crippen LogP contribution < -0.4 is 4.74 Å². The zero-order chi connectivity index (χ0) is 21.6. The highest BCUT2D eigenvalue weighted by Gasteiger charge is 2.26. The van der Waals surface area contributed by atoms with Gasteiger partial charge < -0.3 is 9.64 Å². The molecule has 6 heteroatoms. The summed E-state index contributed by atoms with van der Waals surface area (Å²) in [5, 5.41) is 0.677. The normalized spacial score (nSPS) is 16.2. The molecule has 160 valence electrons. The summed E-state index contributed by atoms with van der Waals surface area (Å²) in [6.45, 7) is 1.49. The lowest BCUT2D eigenvalue weighted by atomic mass is 9.94. The van der Waals surface area contributed by atoms with Gasteiger partial charge in [0.2, 0.25) is 5.91 Å². The van der Waals surface area contributed by atoms with E-state index in [2.05, 4.69) is 4.98 Å². The van der Waals surface area contributed by atoms with Crippen molar-refractivity contribution in [1.29, 1.82) is 0 Å². The van der Waals surface area contributed by atoms with Crippen molar-refractivity contribution in [2.75, 3.05) is 20.2 Å². The second-order valence-corrected chi connectivity index (χ2v) is 8.30. The first-order valence-corrected chi connectivity index (χ1v) is 11.0. The molecule has 0 bridgehead atoms. The summed E-state index contributed by atoms with van der Waals surface area (Å²) in [4.78, 5) is 24.1. The van der Waals surface area contributed by atoms with Crippen molar-refractivity contribution in [2.24, 2.45) is 0 Å². The topological polar surface area (TPSA) is 55.3 Å². The number of aryl methyl sites for hydroxylation is 1. The van der Waals surface area contributed by atoms with Crippen LogP contribution in [0.2, 0.25) is 5.02 Å². The number of benzene rings is 2. The molecule has 31 heavy (non-hydrogen) atoms. The Morgan fingerprint density at radius 2 is 2.03 bits per heavy atom. The standard InChI is InChI=1S/C25H26ClN3O2/c1-31-22-10-7-18(8-11-22)9-12-25(30)29-13-3-5-20(17-29)24-16-27-15-23(28-24)19-4-2-6-21(26)14-19/h2,4,6-8,10-11,14-16,20H,3,5,9,12-13,17H2,1H3/t20-/m0/s1. The number of rotatable bonds is 6.